The number of nitrogens with zero attached hydrogens (tertiary/aromatic N) is 2. The Morgan fingerprint density at radius 1 is 1.41 bits per heavy atom. The third-order valence-electron chi connectivity index (χ3n) is 2.90. The van der Waals surface area contributed by atoms with Crippen LogP contribution in [0.3, 0.4) is 0 Å². The number of hydrogen-bond acceptors (Lipinski definition) is 5. The lowest BCUT2D eigenvalue weighted by Gasteiger charge is -2.20. The topological polar surface area (TPSA) is 60.2 Å². The van der Waals surface area contributed by atoms with Crippen molar-refractivity contribution in [1.82, 2.24) is 15.5 Å². The van der Waals surface area contributed by atoms with Crippen molar-refractivity contribution in [2.45, 2.75) is 51.7 Å². The number of aromatic nitrogens is 2. The van der Waals surface area contributed by atoms with Gasteiger partial charge in [0.15, 0.2) is 5.82 Å². The van der Waals surface area contributed by atoms with Crippen molar-refractivity contribution in [2.75, 3.05) is 13.2 Å². The van der Waals surface area contributed by atoms with E-state index >= 15 is 0 Å². The maximum atomic E-state index is 5.65. The summed E-state index contributed by atoms with van der Waals surface area (Å²) in [5, 5.41) is 7.22. The Morgan fingerprint density at radius 3 is 3.12 bits per heavy atom. The Kier molecular flexibility index (Phi) is 4.94. The molecule has 1 saturated heterocycles. The van der Waals surface area contributed by atoms with E-state index in [9.17, 15) is 0 Å². The van der Waals surface area contributed by atoms with E-state index in [0.717, 1.165) is 38.2 Å². The summed E-state index contributed by atoms with van der Waals surface area (Å²) in [4.78, 5) is 4.36. The van der Waals surface area contributed by atoms with Crippen molar-refractivity contribution in [2.24, 2.45) is 0 Å². The van der Waals surface area contributed by atoms with E-state index in [0.29, 0.717) is 12.4 Å². The van der Waals surface area contributed by atoms with Crippen LogP contribution in [0.1, 0.15) is 44.3 Å². The molecule has 5 heteroatoms. The van der Waals surface area contributed by atoms with E-state index in [2.05, 4.69) is 22.4 Å². The van der Waals surface area contributed by atoms with Gasteiger partial charge < -0.3 is 14.6 Å². The molecule has 0 amide bonds. The molecule has 1 N–H and O–H groups in total. The van der Waals surface area contributed by atoms with Crippen LogP contribution in [0.25, 0.3) is 0 Å². The molecular formula is C12H21N3O2. The number of hydrogen-bond donors (Lipinski definition) is 1. The van der Waals surface area contributed by atoms with Crippen LogP contribution < -0.4 is 5.32 Å². The van der Waals surface area contributed by atoms with Crippen LogP contribution in [-0.4, -0.2) is 29.4 Å². The van der Waals surface area contributed by atoms with Crippen LogP contribution in [0.2, 0.25) is 0 Å². The molecule has 2 rings (SSSR count). The maximum Gasteiger partial charge on any atom is 0.240 e. The van der Waals surface area contributed by atoms with Gasteiger partial charge in [0, 0.05) is 13.0 Å². The number of ether oxygens (including phenoxy) is 1. The highest BCUT2D eigenvalue weighted by molar-refractivity contribution is 4.89. The molecule has 1 fully saturated rings. The summed E-state index contributed by atoms with van der Waals surface area (Å²) in [5.41, 5.74) is 0. The molecule has 1 aromatic heterocycles. The van der Waals surface area contributed by atoms with Gasteiger partial charge in [-0.1, -0.05) is 12.1 Å². The minimum atomic E-state index is 0.276. The summed E-state index contributed by atoms with van der Waals surface area (Å²) >= 11 is 0. The Morgan fingerprint density at radius 2 is 2.35 bits per heavy atom. The van der Waals surface area contributed by atoms with Crippen LogP contribution in [0, 0.1) is 0 Å². The van der Waals surface area contributed by atoms with Gasteiger partial charge >= 0.3 is 0 Å². The fraction of sp³-hybridized carbons (Fsp3) is 0.833. The second-order valence-electron chi connectivity index (χ2n) is 4.47. The molecule has 0 radical (unpaired) electrons. The van der Waals surface area contributed by atoms with Crippen LogP contribution in [0.5, 0.6) is 0 Å². The van der Waals surface area contributed by atoms with Gasteiger partial charge in [-0.25, -0.2) is 0 Å². The average molecular weight is 239 g/mol. The lowest BCUT2D eigenvalue weighted by molar-refractivity contribution is 0.0153. The van der Waals surface area contributed by atoms with Gasteiger partial charge in [-0.15, -0.1) is 0 Å². The summed E-state index contributed by atoms with van der Waals surface area (Å²) in [6.07, 6.45) is 5.69. The Bertz CT molecular complexity index is 321. The SMILES string of the molecule is CCCNCc1nc(CC2CCCCO2)no1. The zero-order valence-electron chi connectivity index (χ0n) is 10.4. The van der Waals surface area contributed by atoms with Gasteiger partial charge in [0.1, 0.15) is 0 Å². The Hall–Kier alpha value is -0.940. The van der Waals surface area contributed by atoms with Crippen LogP contribution >= 0.6 is 0 Å². The predicted molar refractivity (Wildman–Crippen MR) is 63.6 cm³/mol. The second kappa shape index (κ2) is 6.71. The van der Waals surface area contributed by atoms with Crippen molar-refractivity contribution in [1.29, 1.82) is 0 Å². The van der Waals surface area contributed by atoms with E-state index in [1.807, 2.05) is 0 Å². The zero-order valence-corrected chi connectivity index (χ0v) is 10.4. The summed E-state index contributed by atoms with van der Waals surface area (Å²) in [7, 11) is 0. The van der Waals surface area contributed by atoms with Gasteiger partial charge in [0.25, 0.3) is 0 Å². The van der Waals surface area contributed by atoms with Crippen LogP contribution in [0.15, 0.2) is 4.52 Å². The Labute approximate surface area is 102 Å². The molecule has 2 heterocycles. The third kappa shape index (κ3) is 4.09. The summed E-state index contributed by atoms with van der Waals surface area (Å²) in [6, 6.07) is 0. The standard InChI is InChI=1S/C12H21N3O2/c1-2-6-13-9-12-14-11(15-17-12)8-10-5-3-4-7-16-10/h10,13H,2-9H2,1H3. The molecule has 96 valence electrons. The molecule has 1 atom stereocenters. The molecule has 0 aliphatic carbocycles. The Balaban J connectivity index is 1.76. The quantitative estimate of drug-likeness (QED) is 0.765. The van der Waals surface area contributed by atoms with Gasteiger partial charge in [0.2, 0.25) is 5.89 Å². The minimum Gasteiger partial charge on any atom is -0.378 e. The molecule has 1 aliphatic heterocycles. The molecule has 1 aliphatic rings. The van der Waals surface area contributed by atoms with E-state index in [1.54, 1.807) is 0 Å². The zero-order chi connectivity index (χ0) is 11.9. The molecule has 5 nitrogen and oxygen atoms in total. The number of nitrogens with one attached hydrogen (secondary N) is 1. The van der Waals surface area contributed by atoms with Gasteiger partial charge in [-0.2, -0.15) is 4.98 Å². The van der Waals surface area contributed by atoms with Crippen molar-refractivity contribution >= 4 is 0 Å². The van der Waals surface area contributed by atoms with Crippen molar-refractivity contribution in [3.63, 3.8) is 0 Å². The van der Waals surface area contributed by atoms with E-state index < -0.39 is 0 Å². The molecule has 0 spiro atoms. The summed E-state index contributed by atoms with van der Waals surface area (Å²) in [5.74, 6) is 1.44. The highest BCUT2D eigenvalue weighted by Gasteiger charge is 2.17. The van der Waals surface area contributed by atoms with Gasteiger partial charge in [-0.3, -0.25) is 0 Å². The largest absolute Gasteiger partial charge is 0.378 e. The second-order valence-corrected chi connectivity index (χ2v) is 4.47. The average Bonchev–Trinajstić information content (AvgIpc) is 2.79. The van der Waals surface area contributed by atoms with Crippen molar-refractivity contribution in [3.05, 3.63) is 11.7 Å². The molecule has 1 aromatic rings. The van der Waals surface area contributed by atoms with E-state index in [-0.39, 0.29) is 6.10 Å². The summed E-state index contributed by atoms with van der Waals surface area (Å²) in [6.45, 7) is 4.63. The van der Waals surface area contributed by atoms with Crippen LogP contribution in [-0.2, 0) is 17.7 Å². The number of rotatable bonds is 6. The molecular weight excluding hydrogens is 218 g/mol. The van der Waals surface area contributed by atoms with E-state index in [4.69, 9.17) is 9.26 Å². The molecule has 0 bridgehead atoms. The predicted octanol–water partition coefficient (Wildman–Crippen LogP) is 1.68. The van der Waals surface area contributed by atoms with Gasteiger partial charge in [0.05, 0.1) is 12.6 Å². The van der Waals surface area contributed by atoms with Crippen molar-refractivity contribution in [3.8, 4) is 0 Å². The third-order valence-corrected chi connectivity index (χ3v) is 2.90. The highest BCUT2D eigenvalue weighted by Crippen LogP contribution is 2.15. The normalized spacial score (nSPS) is 20.6. The van der Waals surface area contributed by atoms with Crippen molar-refractivity contribution < 1.29 is 9.26 Å². The summed E-state index contributed by atoms with van der Waals surface area (Å²) < 4.78 is 10.8. The first kappa shape index (κ1) is 12.5. The molecule has 17 heavy (non-hydrogen) atoms. The lowest BCUT2D eigenvalue weighted by Crippen LogP contribution is -2.22. The maximum absolute atomic E-state index is 5.65. The fourth-order valence-electron chi connectivity index (χ4n) is 1.99. The molecule has 1 unspecified atom stereocenters. The monoisotopic (exact) mass is 239 g/mol. The molecule has 0 saturated carbocycles. The fourth-order valence-corrected chi connectivity index (χ4v) is 1.99. The minimum absolute atomic E-state index is 0.276. The first-order valence-corrected chi connectivity index (χ1v) is 6.52. The highest BCUT2D eigenvalue weighted by atomic mass is 16.5. The first-order valence-electron chi connectivity index (χ1n) is 6.52. The van der Waals surface area contributed by atoms with Gasteiger partial charge in [-0.05, 0) is 32.2 Å². The van der Waals surface area contributed by atoms with Crippen LogP contribution in [0.4, 0.5) is 0 Å². The first-order chi connectivity index (χ1) is 8.38. The smallest absolute Gasteiger partial charge is 0.240 e. The van der Waals surface area contributed by atoms with E-state index in [1.165, 1.54) is 12.8 Å². The lowest BCUT2D eigenvalue weighted by atomic mass is 10.1. The molecule has 0 aromatic carbocycles.